The predicted octanol–water partition coefficient (Wildman–Crippen LogP) is 2.54. The van der Waals surface area contributed by atoms with Gasteiger partial charge in [0.2, 0.25) is 11.7 Å². The first kappa shape index (κ1) is 16.2. The van der Waals surface area contributed by atoms with Crippen molar-refractivity contribution in [1.82, 2.24) is 19.9 Å². The molecule has 1 N–H and O–H groups in total. The molecule has 1 aromatic carbocycles. The number of aliphatic hydroxyl groups excluding tert-OH is 1. The zero-order chi connectivity index (χ0) is 17.2. The van der Waals surface area contributed by atoms with Gasteiger partial charge in [0, 0.05) is 23.9 Å². The van der Waals surface area contributed by atoms with Crippen molar-refractivity contribution in [3.63, 3.8) is 0 Å². The van der Waals surface area contributed by atoms with E-state index < -0.39 is 18.5 Å². The molecule has 9 heteroatoms. The van der Waals surface area contributed by atoms with Crippen LogP contribution in [0.25, 0.3) is 11.4 Å². The summed E-state index contributed by atoms with van der Waals surface area (Å²) in [6.45, 7) is -0.484. The van der Waals surface area contributed by atoms with Crippen molar-refractivity contribution in [2.75, 3.05) is 6.61 Å². The molecule has 126 valence electrons. The van der Waals surface area contributed by atoms with Crippen LogP contribution in [0.2, 0.25) is 0 Å². The van der Waals surface area contributed by atoms with E-state index in [2.05, 4.69) is 15.2 Å². The molecule has 0 atom stereocenters. The molecule has 0 radical (unpaired) electrons. The van der Waals surface area contributed by atoms with Crippen molar-refractivity contribution in [2.45, 2.75) is 19.1 Å². The third-order valence-electron chi connectivity index (χ3n) is 3.28. The Kier molecular flexibility index (Phi) is 4.34. The lowest BCUT2D eigenvalue weighted by atomic mass is 10.2. The van der Waals surface area contributed by atoms with Gasteiger partial charge in [0.1, 0.15) is 6.54 Å². The van der Waals surface area contributed by atoms with E-state index >= 15 is 0 Å². The van der Waals surface area contributed by atoms with Crippen LogP contribution < -0.4 is 0 Å². The SMILES string of the molecule is OCCc1cn(Cc2nc(-c3ccccc3)no2)nc1C(F)(F)F. The second kappa shape index (κ2) is 6.44. The number of halogens is 3. The molecule has 2 heterocycles. The van der Waals surface area contributed by atoms with E-state index in [-0.39, 0.29) is 24.4 Å². The molecule has 2 aromatic heterocycles. The highest BCUT2D eigenvalue weighted by molar-refractivity contribution is 5.53. The highest BCUT2D eigenvalue weighted by Gasteiger charge is 2.37. The Labute approximate surface area is 134 Å². The van der Waals surface area contributed by atoms with Gasteiger partial charge in [-0.15, -0.1) is 0 Å². The number of alkyl halides is 3. The summed E-state index contributed by atoms with van der Waals surface area (Å²) in [5, 5.41) is 16.2. The molecule has 6 nitrogen and oxygen atoms in total. The van der Waals surface area contributed by atoms with Gasteiger partial charge < -0.3 is 9.63 Å². The van der Waals surface area contributed by atoms with Crippen LogP contribution in [-0.4, -0.2) is 31.6 Å². The smallest absolute Gasteiger partial charge is 0.396 e. The summed E-state index contributed by atoms with van der Waals surface area (Å²) >= 11 is 0. The summed E-state index contributed by atoms with van der Waals surface area (Å²) in [7, 11) is 0. The lowest BCUT2D eigenvalue weighted by Crippen LogP contribution is -2.11. The second-order valence-electron chi connectivity index (χ2n) is 5.05. The van der Waals surface area contributed by atoms with Gasteiger partial charge in [-0.3, -0.25) is 4.68 Å². The third kappa shape index (κ3) is 3.46. The standard InChI is InChI=1S/C15H13F3N4O2/c16-15(17,18)13-11(6-7-23)8-22(20-13)9-12-19-14(21-24-12)10-4-2-1-3-5-10/h1-5,8,23H,6-7,9H2. The minimum Gasteiger partial charge on any atom is -0.396 e. The van der Waals surface area contributed by atoms with Crippen molar-refractivity contribution in [3.05, 3.63) is 53.7 Å². The first-order chi connectivity index (χ1) is 11.5. The average Bonchev–Trinajstić information content (AvgIpc) is 3.16. The van der Waals surface area contributed by atoms with Crippen molar-refractivity contribution in [1.29, 1.82) is 0 Å². The van der Waals surface area contributed by atoms with Crippen LogP contribution in [0.3, 0.4) is 0 Å². The number of hydrogen-bond acceptors (Lipinski definition) is 5. The van der Waals surface area contributed by atoms with Crippen molar-refractivity contribution < 1.29 is 22.8 Å². The first-order valence-electron chi connectivity index (χ1n) is 7.10. The largest absolute Gasteiger partial charge is 0.435 e. The summed E-state index contributed by atoms with van der Waals surface area (Å²) in [6, 6.07) is 9.06. The van der Waals surface area contributed by atoms with Crippen LogP contribution in [0.5, 0.6) is 0 Å². The molecule has 0 fully saturated rings. The van der Waals surface area contributed by atoms with Gasteiger partial charge in [-0.05, 0) is 6.42 Å². The van der Waals surface area contributed by atoms with Gasteiger partial charge in [0.15, 0.2) is 5.69 Å². The fourth-order valence-electron chi connectivity index (χ4n) is 2.25. The molecule has 0 aliphatic carbocycles. The Morgan fingerprint density at radius 3 is 2.58 bits per heavy atom. The Morgan fingerprint density at radius 1 is 1.17 bits per heavy atom. The van der Waals surface area contributed by atoms with Gasteiger partial charge in [-0.2, -0.15) is 23.3 Å². The molecule has 0 saturated heterocycles. The molecule has 24 heavy (non-hydrogen) atoms. The van der Waals surface area contributed by atoms with Crippen molar-refractivity contribution in [2.24, 2.45) is 0 Å². The summed E-state index contributed by atoms with van der Waals surface area (Å²) in [4.78, 5) is 4.15. The number of nitrogens with zero attached hydrogens (tertiary/aromatic N) is 4. The van der Waals surface area contributed by atoms with Crippen LogP contribution in [0.15, 0.2) is 41.1 Å². The van der Waals surface area contributed by atoms with Crippen LogP contribution in [-0.2, 0) is 19.1 Å². The number of rotatable bonds is 5. The molecular weight excluding hydrogens is 325 g/mol. The minimum absolute atomic E-state index is 0.0761. The lowest BCUT2D eigenvalue weighted by molar-refractivity contribution is -0.142. The zero-order valence-electron chi connectivity index (χ0n) is 12.4. The van der Waals surface area contributed by atoms with Crippen molar-refractivity contribution >= 4 is 0 Å². The first-order valence-corrected chi connectivity index (χ1v) is 7.10. The highest BCUT2D eigenvalue weighted by atomic mass is 19.4. The molecule has 0 aliphatic rings. The van der Waals surface area contributed by atoms with Crippen molar-refractivity contribution in [3.8, 4) is 11.4 Å². The number of aromatic nitrogens is 4. The van der Waals surface area contributed by atoms with Gasteiger partial charge >= 0.3 is 6.18 Å². The molecule has 0 aliphatic heterocycles. The Bertz CT molecular complexity index is 812. The van der Waals surface area contributed by atoms with Crippen LogP contribution in [0, 0.1) is 0 Å². The Hall–Kier alpha value is -2.68. The van der Waals surface area contributed by atoms with Gasteiger partial charge in [0.25, 0.3) is 0 Å². The van der Waals surface area contributed by atoms with Crippen LogP contribution in [0.1, 0.15) is 17.1 Å². The van der Waals surface area contributed by atoms with E-state index in [1.165, 1.54) is 6.20 Å². The quantitative estimate of drug-likeness (QED) is 0.774. The van der Waals surface area contributed by atoms with E-state index in [1.807, 2.05) is 18.2 Å². The van der Waals surface area contributed by atoms with Gasteiger partial charge in [-0.1, -0.05) is 35.5 Å². The van der Waals surface area contributed by atoms with Gasteiger partial charge in [0.05, 0.1) is 0 Å². The van der Waals surface area contributed by atoms with Gasteiger partial charge in [-0.25, -0.2) is 0 Å². The molecule has 3 rings (SSSR count). The maximum absolute atomic E-state index is 12.9. The molecule has 0 unspecified atom stereocenters. The summed E-state index contributed by atoms with van der Waals surface area (Å²) in [6.07, 6.45) is -3.49. The third-order valence-corrected chi connectivity index (χ3v) is 3.28. The van der Waals surface area contributed by atoms with E-state index in [4.69, 9.17) is 9.63 Å². The highest BCUT2D eigenvalue weighted by Crippen LogP contribution is 2.31. The number of benzene rings is 1. The predicted molar refractivity (Wildman–Crippen MR) is 76.9 cm³/mol. The zero-order valence-corrected chi connectivity index (χ0v) is 12.4. The average molecular weight is 338 g/mol. The molecule has 0 bridgehead atoms. The molecular formula is C15H13F3N4O2. The number of hydrogen-bond donors (Lipinski definition) is 1. The normalized spacial score (nSPS) is 11.8. The lowest BCUT2D eigenvalue weighted by Gasteiger charge is -2.04. The molecule has 3 aromatic rings. The maximum Gasteiger partial charge on any atom is 0.435 e. The fraction of sp³-hybridized carbons (Fsp3) is 0.267. The summed E-state index contributed by atoms with van der Waals surface area (Å²) in [5.41, 5.74) is -0.350. The van der Waals surface area contributed by atoms with E-state index in [0.717, 1.165) is 10.2 Å². The summed E-state index contributed by atoms with van der Waals surface area (Å²) < 4.78 is 45.0. The summed E-state index contributed by atoms with van der Waals surface area (Å²) in [5.74, 6) is 0.491. The van der Waals surface area contributed by atoms with E-state index in [0.29, 0.717) is 5.82 Å². The fourth-order valence-corrected chi connectivity index (χ4v) is 2.25. The monoisotopic (exact) mass is 338 g/mol. The second-order valence-corrected chi connectivity index (χ2v) is 5.05. The topological polar surface area (TPSA) is 77.0 Å². The Morgan fingerprint density at radius 2 is 1.92 bits per heavy atom. The number of aliphatic hydroxyl groups is 1. The van der Waals surface area contributed by atoms with Crippen LogP contribution in [0.4, 0.5) is 13.2 Å². The van der Waals surface area contributed by atoms with Crippen LogP contribution >= 0.6 is 0 Å². The molecule has 0 spiro atoms. The molecule has 0 saturated carbocycles. The van der Waals surface area contributed by atoms with E-state index in [9.17, 15) is 13.2 Å². The maximum atomic E-state index is 12.9. The Balaban J connectivity index is 1.83. The molecule has 0 amide bonds. The van der Waals surface area contributed by atoms with E-state index in [1.54, 1.807) is 12.1 Å². The minimum atomic E-state index is -4.58.